The van der Waals surface area contributed by atoms with Gasteiger partial charge in [-0.25, -0.2) is 14.4 Å². The highest BCUT2D eigenvalue weighted by atomic mass is 35.5. The lowest BCUT2D eigenvalue weighted by molar-refractivity contribution is 0.0710. The van der Waals surface area contributed by atoms with Gasteiger partial charge in [0.2, 0.25) is 0 Å². The van der Waals surface area contributed by atoms with E-state index in [1.165, 1.54) is 12.1 Å². The first-order valence-electron chi connectivity index (χ1n) is 8.00. The number of hydrogen-bond acceptors (Lipinski definition) is 3. The summed E-state index contributed by atoms with van der Waals surface area (Å²) in [5.41, 5.74) is 2.26. The number of amides is 1. The molecule has 3 rings (SSSR count). The highest BCUT2D eigenvalue weighted by Crippen LogP contribution is 2.27. The first-order valence-corrected chi connectivity index (χ1v) is 8.38. The molecule has 0 saturated carbocycles. The molecule has 0 bridgehead atoms. The molecule has 0 radical (unpaired) electrons. The summed E-state index contributed by atoms with van der Waals surface area (Å²) in [6.07, 6.45) is 1.62. The second-order valence-electron chi connectivity index (χ2n) is 6.20. The summed E-state index contributed by atoms with van der Waals surface area (Å²) in [6, 6.07) is 6.13. The molecule has 1 aromatic heterocycles. The van der Waals surface area contributed by atoms with Crippen LogP contribution in [0.5, 0.6) is 0 Å². The van der Waals surface area contributed by atoms with Crippen LogP contribution in [0, 0.1) is 19.7 Å². The predicted octanol–water partition coefficient (Wildman–Crippen LogP) is 3.91. The zero-order valence-electron chi connectivity index (χ0n) is 13.7. The molecule has 126 valence electrons. The monoisotopic (exact) mass is 347 g/mol. The molecule has 4 nitrogen and oxygen atoms in total. The van der Waals surface area contributed by atoms with Crippen LogP contribution in [0.1, 0.15) is 46.3 Å². The number of likely N-dealkylation sites (tertiary alicyclic amines) is 1. The lowest BCUT2D eigenvalue weighted by Crippen LogP contribution is -2.38. The van der Waals surface area contributed by atoms with E-state index in [9.17, 15) is 9.18 Å². The van der Waals surface area contributed by atoms with E-state index in [-0.39, 0.29) is 16.8 Å². The van der Waals surface area contributed by atoms with Gasteiger partial charge in [0.05, 0.1) is 5.02 Å². The maximum absolute atomic E-state index is 13.5. The normalized spacial score (nSPS) is 15.6. The van der Waals surface area contributed by atoms with Gasteiger partial charge in [-0.2, -0.15) is 0 Å². The number of aryl methyl sites for hydroxylation is 2. The fourth-order valence-corrected chi connectivity index (χ4v) is 3.21. The Kier molecular flexibility index (Phi) is 4.81. The van der Waals surface area contributed by atoms with Crippen LogP contribution >= 0.6 is 11.6 Å². The summed E-state index contributed by atoms with van der Waals surface area (Å²) in [5, 5.41) is 0.0252. The van der Waals surface area contributed by atoms with E-state index in [1.54, 1.807) is 11.0 Å². The zero-order valence-corrected chi connectivity index (χ0v) is 14.5. The quantitative estimate of drug-likeness (QED) is 0.827. The van der Waals surface area contributed by atoms with Crippen molar-refractivity contribution in [1.29, 1.82) is 0 Å². The van der Waals surface area contributed by atoms with Gasteiger partial charge < -0.3 is 4.90 Å². The van der Waals surface area contributed by atoms with Crippen LogP contribution in [-0.2, 0) is 0 Å². The molecule has 0 spiro atoms. The lowest BCUT2D eigenvalue weighted by atomic mass is 9.95. The number of hydrogen-bond donors (Lipinski definition) is 0. The SMILES string of the molecule is Cc1cc(C)nc(C2CCN(C(=O)c3ccc(Cl)c(F)c3)CC2)n1. The molecule has 6 heteroatoms. The lowest BCUT2D eigenvalue weighted by Gasteiger charge is -2.31. The van der Waals surface area contributed by atoms with E-state index >= 15 is 0 Å². The van der Waals surface area contributed by atoms with Gasteiger partial charge in [-0.15, -0.1) is 0 Å². The van der Waals surface area contributed by atoms with Gasteiger partial charge in [0.1, 0.15) is 11.6 Å². The van der Waals surface area contributed by atoms with E-state index in [0.717, 1.165) is 30.1 Å². The Hall–Kier alpha value is -2.01. The number of carbonyl (C=O) groups excluding carboxylic acids is 1. The summed E-state index contributed by atoms with van der Waals surface area (Å²) in [4.78, 5) is 23.3. The average molecular weight is 348 g/mol. The minimum absolute atomic E-state index is 0.0252. The number of aromatic nitrogens is 2. The maximum atomic E-state index is 13.5. The topological polar surface area (TPSA) is 46.1 Å². The molecule has 2 aromatic rings. The maximum Gasteiger partial charge on any atom is 0.253 e. The Bertz CT molecular complexity index is 753. The van der Waals surface area contributed by atoms with Crippen molar-refractivity contribution in [2.45, 2.75) is 32.6 Å². The molecule has 1 aliphatic rings. The third kappa shape index (κ3) is 3.56. The van der Waals surface area contributed by atoms with Crippen molar-refractivity contribution >= 4 is 17.5 Å². The fourth-order valence-electron chi connectivity index (χ4n) is 3.09. The van der Waals surface area contributed by atoms with Crippen LogP contribution in [0.2, 0.25) is 5.02 Å². The minimum Gasteiger partial charge on any atom is -0.339 e. The van der Waals surface area contributed by atoms with E-state index in [2.05, 4.69) is 9.97 Å². The van der Waals surface area contributed by atoms with Gasteiger partial charge in [0.25, 0.3) is 5.91 Å². The highest BCUT2D eigenvalue weighted by molar-refractivity contribution is 6.30. The molecule has 0 atom stereocenters. The number of rotatable bonds is 2. The van der Waals surface area contributed by atoms with Crippen molar-refractivity contribution in [1.82, 2.24) is 14.9 Å². The van der Waals surface area contributed by atoms with Gasteiger partial charge in [0, 0.05) is 36.0 Å². The molecule has 1 aromatic carbocycles. The Morgan fingerprint density at radius 3 is 2.38 bits per heavy atom. The molecule has 2 heterocycles. The van der Waals surface area contributed by atoms with Crippen molar-refractivity contribution in [3.63, 3.8) is 0 Å². The summed E-state index contributed by atoms with van der Waals surface area (Å²) in [5.74, 6) is 0.387. The van der Waals surface area contributed by atoms with E-state index in [4.69, 9.17) is 11.6 Å². The largest absolute Gasteiger partial charge is 0.339 e. The van der Waals surface area contributed by atoms with Crippen molar-refractivity contribution in [2.24, 2.45) is 0 Å². The van der Waals surface area contributed by atoms with Gasteiger partial charge in [0.15, 0.2) is 0 Å². The second-order valence-corrected chi connectivity index (χ2v) is 6.61. The Morgan fingerprint density at radius 2 is 1.79 bits per heavy atom. The summed E-state index contributed by atoms with van der Waals surface area (Å²) < 4.78 is 13.5. The van der Waals surface area contributed by atoms with Crippen molar-refractivity contribution in [3.05, 3.63) is 57.9 Å². The Balaban J connectivity index is 1.68. The molecule has 0 N–H and O–H groups in total. The summed E-state index contributed by atoms with van der Waals surface area (Å²) in [6.45, 7) is 5.16. The number of piperidine rings is 1. The Morgan fingerprint density at radius 1 is 1.17 bits per heavy atom. The zero-order chi connectivity index (χ0) is 17.3. The van der Waals surface area contributed by atoms with Gasteiger partial charge in [-0.3, -0.25) is 4.79 Å². The molecular weight excluding hydrogens is 329 g/mol. The van der Waals surface area contributed by atoms with E-state index in [0.29, 0.717) is 18.7 Å². The van der Waals surface area contributed by atoms with Crippen LogP contribution in [0.3, 0.4) is 0 Å². The van der Waals surface area contributed by atoms with Gasteiger partial charge >= 0.3 is 0 Å². The molecule has 1 fully saturated rings. The second kappa shape index (κ2) is 6.85. The van der Waals surface area contributed by atoms with Gasteiger partial charge in [-0.1, -0.05) is 11.6 Å². The molecule has 1 aliphatic heterocycles. The molecule has 1 amide bonds. The third-order valence-electron chi connectivity index (χ3n) is 4.31. The van der Waals surface area contributed by atoms with E-state index < -0.39 is 5.82 Å². The molecule has 1 saturated heterocycles. The van der Waals surface area contributed by atoms with Crippen LogP contribution in [0.4, 0.5) is 4.39 Å². The van der Waals surface area contributed by atoms with E-state index in [1.807, 2.05) is 19.9 Å². The van der Waals surface area contributed by atoms with Crippen LogP contribution in [-0.4, -0.2) is 33.9 Å². The number of nitrogens with zero attached hydrogens (tertiary/aromatic N) is 3. The van der Waals surface area contributed by atoms with Crippen molar-refractivity contribution in [2.75, 3.05) is 13.1 Å². The van der Waals surface area contributed by atoms with Crippen molar-refractivity contribution < 1.29 is 9.18 Å². The predicted molar refractivity (Wildman–Crippen MR) is 90.8 cm³/mol. The standard InChI is InChI=1S/C18H19ClFN3O/c1-11-9-12(2)22-17(21-11)13-5-7-23(8-6-13)18(24)14-3-4-15(19)16(20)10-14/h3-4,9-10,13H,5-8H2,1-2H3. The molecule has 0 unspecified atom stereocenters. The van der Waals surface area contributed by atoms with Crippen LogP contribution < -0.4 is 0 Å². The summed E-state index contributed by atoms with van der Waals surface area (Å²) >= 11 is 5.67. The van der Waals surface area contributed by atoms with Crippen LogP contribution in [0.15, 0.2) is 24.3 Å². The first-order chi connectivity index (χ1) is 11.4. The summed E-state index contributed by atoms with van der Waals surface area (Å²) in [7, 11) is 0. The number of carbonyl (C=O) groups is 1. The third-order valence-corrected chi connectivity index (χ3v) is 4.62. The minimum atomic E-state index is -0.568. The van der Waals surface area contributed by atoms with Crippen molar-refractivity contribution in [3.8, 4) is 0 Å². The Labute approximate surface area is 145 Å². The highest BCUT2D eigenvalue weighted by Gasteiger charge is 2.26. The van der Waals surface area contributed by atoms with Crippen LogP contribution in [0.25, 0.3) is 0 Å². The molecule has 0 aliphatic carbocycles. The molecular formula is C18H19ClFN3O. The van der Waals surface area contributed by atoms with Gasteiger partial charge in [-0.05, 0) is 51.0 Å². The number of halogens is 2. The fraction of sp³-hybridized carbons (Fsp3) is 0.389. The number of benzene rings is 1. The first kappa shape index (κ1) is 16.8. The smallest absolute Gasteiger partial charge is 0.253 e. The average Bonchev–Trinajstić information content (AvgIpc) is 2.56. The molecule has 24 heavy (non-hydrogen) atoms.